The van der Waals surface area contributed by atoms with E-state index in [4.69, 9.17) is 0 Å². The topological polar surface area (TPSA) is 220 Å². The fourth-order valence-electron chi connectivity index (χ4n) is 5.52. The number of benzene rings is 3. The average molecular weight is 553 g/mol. The molecule has 12 nitrogen and oxygen atoms in total. The van der Waals surface area contributed by atoms with Crippen LogP contribution < -0.4 is 0 Å². The number of imidazole rings is 1. The number of nitrogens with zero attached hydrogens (tertiary/aromatic N) is 2. The Bertz CT molecular complexity index is 1910. The minimum absolute atomic E-state index is 0.00489. The fraction of sp³-hybridized carbons (Fsp3) is 0.250. The van der Waals surface area contributed by atoms with E-state index in [0.29, 0.717) is 6.42 Å². The van der Waals surface area contributed by atoms with Crippen LogP contribution in [0.5, 0.6) is 57.6 Å². The lowest BCUT2D eigenvalue weighted by atomic mass is 9.89. The van der Waals surface area contributed by atoms with Gasteiger partial charge in [-0.3, -0.25) is 4.40 Å². The lowest BCUT2D eigenvalue weighted by Gasteiger charge is -2.22. The molecule has 0 saturated carbocycles. The van der Waals surface area contributed by atoms with Crippen molar-refractivity contribution in [3.8, 4) is 68.9 Å². The number of aromatic hydroxyl groups is 10. The molecule has 0 amide bonds. The summed E-state index contributed by atoms with van der Waals surface area (Å²) >= 11 is 0. The highest BCUT2D eigenvalue weighted by Crippen LogP contribution is 2.57. The van der Waals surface area contributed by atoms with E-state index in [1.165, 1.54) is 20.8 Å². The monoisotopic (exact) mass is 552 g/mol. The highest BCUT2D eigenvalue weighted by atomic mass is 16.3. The number of rotatable bonds is 3. The predicted molar refractivity (Wildman–Crippen MR) is 145 cm³/mol. The number of hydrogen-bond acceptors (Lipinski definition) is 11. The van der Waals surface area contributed by atoms with Crippen molar-refractivity contribution in [2.24, 2.45) is 0 Å². The van der Waals surface area contributed by atoms with Gasteiger partial charge >= 0.3 is 0 Å². The van der Waals surface area contributed by atoms with Crippen molar-refractivity contribution < 1.29 is 51.1 Å². The molecule has 1 atom stereocenters. The first kappa shape index (κ1) is 26.5. The zero-order valence-corrected chi connectivity index (χ0v) is 22.2. The number of pyridine rings is 1. The van der Waals surface area contributed by atoms with Crippen LogP contribution in [0.4, 0.5) is 0 Å². The van der Waals surface area contributed by atoms with Gasteiger partial charge in [-0.1, -0.05) is 13.8 Å². The minimum Gasteiger partial charge on any atom is -0.507 e. The Hall–Kier alpha value is -5.13. The zero-order valence-electron chi connectivity index (χ0n) is 22.2. The summed E-state index contributed by atoms with van der Waals surface area (Å²) in [5.74, 6) is -7.80. The minimum atomic E-state index is -0.880. The molecular formula is C28H28N2O10. The lowest BCUT2D eigenvalue weighted by molar-refractivity contribution is 0.364. The molecular weight excluding hydrogens is 524 g/mol. The third-order valence-electron chi connectivity index (χ3n) is 7.90. The summed E-state index contributed by atoms with van der Waals surface area (Å²) in [6, 6.07) is 0. The largest absolute Gasteiger partial charge is 0.507 e. The first-order chi connectivity index (χ1) is 18.7. The predicted octanol–water partition coefficient (Wildman–Crippen LogP) is 4.80. The molecule has 10 N–H and O–H groups in total. The highest BCUT2D eigenvalue weighted by molar-refractivity contribution is 6.22. The Labute approximate surface area is 226 Å². The number of phenols is 9. The molecule has 5 aromatic rings. The van der Waals surface area contributed by atoms with Crippen molar-refractivity contribution in [1.82, 2.24) is 9.38 Å². The van der Waals surface area contributed by atoms with Crippen LogP contribution in [0, 0.1) is 20.8 Å². The van der Waals surface area contributed by atoms with Crippen LogP contribution in [-0.2, 0) is 0 Å². The molecule has 0 fully saturated rings. The van der Waals surface area contributed by atoms with Crippen molar-refractivity contribution in [3.05, 3.63) is 22.3 Å². The van der Waals surface area contributed by atoms with E-state index in [2.05, 4.69) is 4.98 Å². The molecule has 210 valence electrons. The van der Waals surface area contributed by atoms with Gasteiger partial charge in [0.2, 0.25) is 17.4 Å². The van der Waals surface area contributed by atoms with Gasteiger partial charge in [-0.05, 0) is 33.1 Å². The number of fused-ring (bicyclic) bond motifs is 6. The Morgan fingerprint density at radius 2 is 1.12 bits per heavy atom. The van der Waals surface area contributed by atoms with Gasteiger partial charge in [0.25, 0.3) is 0 Å². The summed E-state index contributed by atoms with van der Waals surface area (Å²) in [7, 11) is 0. The molecule has 2 heterocycles. The van der Waals surface area contributed by atoms with Gasteiger partial charge in [0.1, 0.15) is 17.0 Å². The number of hydrogen-bond donors (Lipinski definition) is 10. The van der Waals surface area contributed by atoms with E-state index in [-0.39, 0.29) is 60.8 Å². The van der Waals surface area contributed by atoms with E-state index >= 15 is 0 Å². The molecule has 2 aromatic heterocycles. The molecule has 40 heavy (non-hydrogen) atoms. The molecule has 1 unspecified atom stereocenters. The molecule has 0 saturated heterocycles. The normalized spacial score (nSPS) is 12.6. The van der Waals surface area contributed by atoms with Crippen LogP contribution in [0.25, 0.3) is 38.6 Å². The van der Waals surface area contributed by atoms with E-state index in [0.717, 1.165) is 4.40 Å². The Morgan fingerprint density at radius 3 is 1.68 bits per heavy atom. The number of aromatic nitrogens is 2. The van der Waals surface area contributed by atoms with Crippen LogP contribution in [-0.4, -0.2) is 60.4 Å². The summed E-state index contributed by atoms with van der Waals surface area (Å²) in [5, 5.41) is 108. The Balaban J connectivity index is 2.27. The van der Waals surface area contributed by atoms with Crippen molar-refractivity contribution >= 4 is 27.3 Å². The van der Waals surface area contributed by atoms with E-state index in [1.54, 1.807) is 6.92 Å². The van der Waals surface area contributed by atoms with Crippen LogP contribution in [0.2, 0.25) is 0 Å². The molecule has 0 radical (unpaired) electrons. The van der Waals surface area contributed by atoms with Gasteiger partial charge in [0.15, 0.2) is 40.1 Å². The molecule has 12 heteroatoms. The van der Waals surface area contributed by atoms with Crippen LogP contribution >= 0.6 is 0 Å². The second-order valence-corrected chi connectivity index (χ2v) is 10.0. The van der Waals surface area contributed by atoms with Crippen molar-refractivity contribution in [2.45, 2.75) is 47.0 Å². The summed E-state index contributed by atoms with van der Waals surface area (Å²) in [5.41, 5.74) is -0.774. The van der Waals surface area contributed by atoms with Crippen molar-refractivity contribution in [2.75, 3.05) is 0 Å². The number of phenolic OH excluding ortho intramolecular Hbond substituents is 9. The molecule has 0 aliphatic carbocycles. The van der Waals surface area contributed by atoms with Crippen molar-refractivity contribution in [3.63, 3.8) is 0 Å². The van der Waals surface area contributed by atoms with E-state index in [1.807, 2.05) is 6.92 Å². The smallest absolute Gasteiger partial charge is 0.238 e. The Morgan fingerprint density at radius 1 is 0.600 bits per heavy atom. The maximum atomic E-state index is 11.3. The van der Waals surface area contributed by atoms with Gasteiger partial charge in [0.05, 0.1) is 5.39 Å². The molecule has 0 spiro atoms. The van der Waals surface area contributed by atoms with E-state index in [9.17, 15) is 51.1 Å². The highest BCUT2D eigenvalue weighted by Gasteiger charge is 2.33. The Kier molecular flexibility index (Phi) is 5.58. The van der Waals surface area contributed by atoms with Crippen LogP contribution in [0.1, 0.15) is 48.4 Å². The second-order valence-electron chi connectivity index (χ2n) is 10.0. The van der Waals surface area contributed by atoms with Gasteiger partial charge in [-0.25, -0.2) is 0 Å². The first-order valence-electron chi connectivity index (χ1n) is 12.3. The van der Waals surface area contributed by atoms with Crippen LogP contribution in [0.3, 0.4) is 0 Å². The zero-order chi connectivity index (χ0) is 29.7. The summed E-state index contributed by atoms with van der Waals surface area (Å²) < 4.78 is 1.15. The SMILES string of the molecule is CCC(C)c1c(O)c(O)c(O)c2c1c1nc(O)c(-c3c(C)c(O)c(O)c(O)c3C)n1c1c(O)c(O)c(C)c(O)c21. The standard InChI is InChI=1S/C28H28N2O10/c1-6-7(2)11-14-13(23(36)26(39)22(11)35)15-16(24(37)21(34)10(5)18(15)31)30-17(28(40)29-27(14)30)12-8(3)19(32)25(38)20(33)9(12)4/h7,31-40H,6H2,1-5H3. The first-order valence-corrected chi connectivity index (χ1v) is 12.3. The summed E-state index contributed by atoms with van der Waals surface area (Å²) in [4.78, 5) is 4.26. The second kappa shape index (κ2) is 8.43. The maximum absolute atomic E-state index is 11.3. The molecule has 0 aliphatic heterocycles. The maximum Gasteiger partial charge on any atom is 0.238 e. The van der Waals surface area contributed by atoms with Crippen LogP contribution in [0.15, 0.2) is 0 Å². The van der Waals surface area contributed by atoms with Gasteiger partial charge in [-0.2, -0.15) is 4.98 Å². The summed E-state index contributed by atoms with van der Waals surface area (Å²) in [6.07, 6.45) is 0.445. The van der Waals surface area contributed by atoms with Gasteiger partial charge in [0, 0.05) is 38.6 Å². The molecule has 3 aromatic carbocycles. The van der Waals surface area contributed by atoms with E-state index < -0.39 is 63.5 Å². The third-order valence-corrected chi connectivity index (χ3v) is 7.90. The lowest BCUT2D eigenvalue weighted by Crippen LogP contribution is -2.02. The van der Waals surface area contributed by atoms with Gasteiger partial charge < -0.3 is 51.1 Å². The molecule has 5 rings (SSSR count). The summed E-state index contributed by atoms with van der Waals surface area (Å²) in [6.45, 7) is 7.66. The van der Waals surface area contributed by atoms with Crippen molar-refractivity contribution in [1.29, 1.82) is 0 Å². The molecule has 0 aliphatic rings. The quantitative estimate of drug-likeness (QED) is 0.0832. The van der Waals surface area contributed by atoms with Gasteiger partial charge in [-0.15, -0.1) is 0 Å². The average Bonchev–Trinajstić information content (AvgIpc) is 3.26. The fourth-order valence-corrected chi connectivity index (χ4v) is 5.52. The molecule has 0 bridgehead atoms. The third kappa shape index (κ3) is 3.04.